The molecule has 2 saturated carbocycles. The van der Waals surface area contributed by atoms with Gasteiger partial charge in [-0.15, -0.1) is 0 Å². The van der Waals surface area contributed by atoms with E-state index >= 15 is 0 Å². The Hall–Kier alpha value is -0.0800. The normalized spacial score (nSPS) is 39.2. The van der Waals surface area contributed by atoms with Crippen molar-refractivity contribution in [1.29, 1.82) is 0 Å². The molecule has 2 unspecified atom stereocenters. The molecule has 2 atom stereocenters. The maximum atomic E-state index is 5.42. The Morgan fingerprint density at radius 3 is 2.35 bits per heavy atom. The van der Waals surface area contributed by atoms with Crippen molar-refractivity contribution in [1.82, 2.24) is 5.32 Å². The van der Waals surface area contributed by atoms with Gasteiger partial charge in [-0.2, -0.15) is 0 Å². The highest BCUT2D eigenvalue weighted by atomic mass is 16.5. The molecule has 2 aliphatic carbocycles. The molecule has 0 bridgehead atoms. The molecule has 2 rings (SSSR count). The Balaban J connectivity index is 1.65. The highest BCUT2D eigenvalue weighted by molar-refractivity contribution is 4.80. The van der Waals surface area contributed by atoms with Crippen LogP contribution in [0.4, 0.5) is 0 Å². The van der Waals surface area contributed by atoms with Gasteiger partial charge in [-0.05, 0) is 50.5 Å². The third kappa shape index (κ3) is 3.96. The SMILES string of the molecule is COC1CCC(NCC2CCCCC2C)CC1. The van der Waals surface area contributed by atoms with E-state index in [1.807, 2.05) is 7.11 Å². The summed E-state index contributed by atoms with van der Waals surface area (Å²) in [6, 6.07) is 0.760. The monoisotopic (exact) mass is 239 g/mol. The van der Waals surface area contributed by atoms with Gasteiger partial charge in [0.2, 0.25) is 0 Å². The zero-order chi connectivity index (χ0) is 12.1. The minimum absolute atomic E-state index is 0.529. The quantitative estimate of drug-likeness (QED) is 0.812. The molecule has 100 valence electrons. The van der Waals surface area contributed by atoms with E-state index in [4.69, 9.17) is 4.74 Å². The predicted octanol–water partition coefficient (Wildman–Crippen LogP) is 3.36. The van der Waals surface area contributed by atoms with Crippen molar-refractivity contribution in [3.05, 3.63) is 0 Å². The smallest absolute Gasteiger partial charge is 0.0572 e. The predicted molar refractivity (Wildman–Crippen MR) is 72.2 cm³/mol. The molecule has 1 N–H and O–H groups in total. The second kappa shape index (κ2) is 6.75. The molecule has 0 aliphatic heterocycles. The van der Waals surface area contributed by atoms with Crippen LogP contribution in [0.5, 0.6) is 0 Å². The van der Waals surface area contributed by atoms with Crippen LogP contribution in [0, 0.1) is 11.8 Å². The van der Waals surface area contributed by atoms with E-state index in [1.54, 1.807) is 0 Å². The molecule has 2 aliphatic rings. The summed E-state index contributed by atoms with van der Waals surface area (Å²) in [5.41, 5.74) is 0. The molecule has 0 saturated heterocycles. The molecule has 2 fully saturated rings. The van der Waals surface area contributed by atoms with Crippen LogP contribution in [-0.4, -0.2) is 25.8 Å². The number of methoxy groups -OCH3 is 1. The third-order valence-electron chi connectivity index (χ3n) is 4.97. The molecule has 0 heterocycles. The summed E-state index contributed by atoms with van der Waals surface area (Å²) < 4.78 is 5.42. The van der Waals surface area contributed by atoms with Gasteiger partial charge in [-0.3, -0.25) is 0 Å². The van der Waals surface area contributed by atoms with E-state index in [1.165, 1.54) is 57.9 Å². The van der Waals surface area contributed by atoms with Gasteiger partial charge < -0.3 is 10.1 Å². The Morgan fingerprint density at radius 2 is 1.71 bits per heavy atom. The minimum Gasteiger partial charge on any atom is -0.381 e. The fraction of sp³-hybridized carbons (Fsp3) is 1.00. The van der Waals surface area contributed by atoms with E-state index in [9.17, 15) is 0 Å². The van der Waals surface area contributed by atoms with E-state index in [0.717, 1.165) is 17.9 Å². The first-order valence-electron chi connectivity index (χ1n) is 7.55. The molecular formula is C15H29NO. The Bertz CT molecular complexity index is 211. The molecule has 0 aromatic carbocycles. The molecule has 2 heteroatoms. The Labute approximate surface area is 107 Å². The standard InChI is InChI=1S/C15H29NO/c1-12-5-3-4-6-13(12)11-16-14-7-9-15(17-2)10-8-14/h12-16H,3-11H2,1-2H3. The van der Waals surface area contributed by atoms with Gasteiger partial charge in [0, 0.05) is 13.2 Å². The topological polar surface area (TPSA) is 21.3 Å². The van der Waals surface area contributed by atoms with Gasteiger partial charge in [-0.25, -0.2) is 0 Å². The highest BCUT2D eigenvalue weighted by Crippen LogP contribution is 2.29. The first-order chi connectivity index (χ1) is 8.29. The molecule has 2 nitrogen and oxygen atoms in total. The lowest BCUT2D eigenvalue weighted by Crippen LogP contribution is -2.39. The lowest BCUT2D eigenvalue weighted by atomic mass is 9.80. The first kappa shape index (κ1) is 13.4. The molecule has 0 aromatic heterocycles. The number of hydrogen-bond acceptors (Lipinski definition) is 2. The van der Waals surface area contributed by atoms with Crippen LogP contribution in [0.1, 0.15) is 58.3 Å². The second-order valence-corrected chi connectivity index (χ2v) is 6.14. The van der Waals surface area contributed by atoms with Gasteiger partial charge in [0.1, 0.15) is 0 Å². The van der Waals surface area contributed by atoms with Gasteiger partial charge in [0.05, 0.1) is 6.10 Å². The summed E-state index contributed by atoms with van der Waals surface area (Å²) in [5.74, 6) is 1.87. The first-order valence-corrected chi connectivity index (χ1v) is 7.55. The summed E-state index contributed by atoms with van der Waals surface area (Å²) in [5, 5.41) is 3.81. The van der Waals surface area contributed by atoms with Crippen LogP contribution in [0.2, 0.25) is 0 Å². The van der Waals surface area contributed by atoms with Gasteiger partial charge in [0.15, 0.2) is 0 Å². The molecular weight excluding hydrogens is 210 g/mol. The third-order valence-corrected chi connectivity index (χ3v) is 4.97. The van der Waals surface area contributed by atoms with Gasteiger partial charge >= 0.3 is 0 Å². The van der Waals surface area contributed by atoms with E-state index in [0.29, 0.717) is 6.10 Å². The number of rotatable bonds is 4. The minimum atomic E-state index is 0.529. The van der Waals surface area contributed by atoms with Crippen molar-refractivity contribution in [3.8, 4) is 0 Å². The van der Waals surface area contributed by atoms with Crippen LogP contribution >= 0.6 is 0 Å². The summed E-state index contributed by atoms with van der Waals surface area (Å²) >= 11 is 0. The van der Waals surface area contributed by atoms with Crippen molar-refractivity contribution in [2.45, 2.75) is 70.4 Å². The lowest BCUT2D eigenvalue weighted by molar-refractivity contribution is 0.0613. The maximum absolute atomic E-state index is 5.42. The molecule has 0 amide bonds. The highest BCUT2D eigenvalue weighted by Gasteiger charge is 2.24. The van der Waals surface area contributed by atoms with Gasteiger partial charge in [0.25, 0.3) is 0 Å². The summed E-state index contributed by atoms with van der Waals surface area (Å²) in [7, 11) is 1.85. The average Bonchev–Trinajstić information content (AvgIpc) is 2.38. The van der Waals surface area contributed by atoms with Crippen molar-refractivity contribution >= 4 is 0 Å². The summed E-state index contributed by atoms with van der Waals surface area (Å²) in [4.78, 5) is 0. The molecule has 0 radical (unpaired) electrons. The zero-order valence-corrected chi connectivity index (χ0v) is 11.6. The van der Waals surface area contributed by atoms with Crippen molar-refractivity contribution in [2.24, 2.45) is 11.8 Å². The van der Waals surface area contributed by atoms with Crippen molar-refractivity contribution in [2.75, 3.05) is 13.7 Å². The van der Waals surface area contributed by atoms with Crippen LogP contribution in [0.25, 0.3) is 0 Å². The van der Waals surface area contributed by atoms with Crippen molar-refractivity contribution < 1.29 is 4.74 Å². The van der Waals surface area contributed by atoms with Crippen LogP contribution in [0.3, 0.4) is 0 Å². The fourth-order valence-corrected chi connectivity index (χ4v) is 3.52. The summed E-state index contributed by atoms with van der Waals surface area (Å²) in [6.45, 7) is 3.69. The Kier molecular flexibility index (Phi) is 5.30. The number of ether oxygens (including phenoxy) is 1. The Morgan fingerprint density at radius 1 is 1.00 bits per heavy atom. The van der Waals surface area contributed by atoms with Crippen LogP contribution in [-0.2, 0) is 4.74 Å². The number of hydrogen-bond donors (Lipinski definition) is 1. The average molecular weight is 239 g/mol. The molecule has 17 heavy (non-hydrogen) atoms. The molecule has 0 spiro atoms. The van der Waals surface area contributed by atoms with E-state index < -0.39 is 0 Å². The largest absolute Gasteiger partial charge is 0.381 e. The maximum Gasteiger partial charge on any atom is 0.0572 e. The number of nitrogens with one attached hydrogen (secondary N) is 1. The van der Waals surface area contributed by atoms with Crippen LogP contribution in [0.15, 0.2) is 0 Å². The van der Waals surface area contributed by atoms with E-state index in [2.05, 4.69) is 12.2 Å². The lowest BCUT2D eigenvalue weighted by Gasteiger charge is -2.33. The van der Waals surface area contributed by atoms with Gasteiger partial charge in [-0.1, -0.05) is 26.2 Å². The molecule has 0 aromatic rings. The summed E-state index contributed by atoms with van der Waals surface area (Å²) in [6.07, 6.45) is 11.4. The fourth-order valence-electron chi connectivity index (χ4n) is 3.52. The van der Waals surface area contributed by atoms with Crippen molar-refractivity contribution in [3.63, 3.8) is 0 Å². The van der Waals surface area contributed by atoms with Crippen LogP contribution < -0.4 is 5.32 Å². The van der Waals surface area contributed by atoms with E-state index in [-0.39, 0.29) is 0 Å². The second-order valence-electron chi connectivity index (χ2n) is 6.14. The zero-order valence-electron chi connectivity index (χ0n) is 11.6.